The molecular weight excluding hydrogens is 394 g/mol. The Balaban J connectivity index is 1.42. The molecule has 0 bridgehead atoms. The van der Waals surface area contributed by atoms with E-state index in [1.807, 2.05) is 29.9 Å². The average Bonchev–Trinajstić information content (AvgIpc) is 3.38. The first-order valence-electron chi connectivity index (χ1n) is 11.1. The molecule has 2 fully saturated rings. The molecule has 0 atom stereocenters. The van der Waals surface area contributed by atoms with Gasteiger partial charge in [0.2, 0.25) is 0 Å². The summed E-state index contributed by atoms with van der Waals surface area (Å²) in [5.74, 6) is 1.79. The quantitative estimate of drug-likeness (QED) is 0.707. The highest BCUT2D eigenvalue weighted by Gasteiger charge is 2.22. The van der Waals surface area contributed by atoms with E-state index in [1.54, 1.807) is 11.9 Å². The monoisotopic (exact) mass is 427 g/mol. The van der Waals surface area contributed by atoms with Crippen molar-refractivity contribution in [2.24, 2.45) is 13.0 Å². The van der Waals surface area contributed by atoms with E-state index in [1.165, 1.54) is 30.6 Å². The summed E-state index contributed by atoms with van der Waals surface area (Å²) in [6, 6.07) is 6.05. The van der Waals surface area contributed by atoms with Gasteiger partial charge in [0.25, 0.3) is 5.91 Å². The van der Waals surface area contributed by atoms with Crippen molar-refractivity contribution in [3.05, 3.63) is 41.3 Å². The van der Waals surface area contributed by atoms with Crippen LogP contribution in [0.2, 0.25) is 0 Å². The van der Waals surface area contributed by atoms with Crippen molar-refractivity contribution in [1.29, 1.82) is 0 Å². The number of nitrogens with one attached hydrogen (secondary N) is 1. The predicted octanol–water partition coefficient (Wildman–Crippen LogP) is 4.00. The van der Waals surface area contributed by atoms with Gasteiger partial charge in [-0.1, -0.05) is 13.0 Å². The third kappa shape index (κ3) is 4.67. The molecule has 2 aromatic rings. The zero-order chi connectivity index (χ0) is 21.1. The van der Waals surface area contributed by atoms with Gasteiger partial charge < -0.3 is 14.8 Å². The van der Waals surface area contributed by atoms with Gasteiger partial charge in [0.15, 0.2) is 0 Å². The molecule has 0 radical (unpaired) electrons. The van der Waals surface area contributed by atoms with Crippen LogP contribution in [-0.2, 0) is 13.6 Å². The molecule has 162 valence electrons. The first-order valence-corrected chi connectivity index (χ1v) is 11.9. The maximum atomic E-state index is 13.0. The lowest BCUT2D eigenvalue weighted by molar-refractivity contribution is 0.0942. The van der Waals surface area contributed by atoms with E-state index in [2.05, 4.69) is 39.4 Å². The molecule has 1 amide bonds. The zero-order valence-electron chi connectivity index (χ0n) is 18.4. The number of hydrogen-bond donors (Lipinski definition) is 1. The van der Waals surface area contributed by atoms with E-state index in [4.69, 9.17) is 0 Å². The average molecular weight is 428 g/mol. The van der Waals surface area contributed by atoms with Crippen LogP contribution in [0.4, 0.5) is 5.82 Å². The molecular formula is C23H33N5OS. The molecule has 0 unspecified atom stereocenters. The molecule has 30 heavy (non-hydrogen) atoms. The number of hydrogen-bond acceptors (Lipinski definition) is 5. The SMILES string of the molecule is Cc1c(SN2CCC(C)CC2)cc(C(=O)NCc2cccnc2N2CCCC2)n1C. The molecule has 1 N–H and O–H groups in total. The zero-order valence-corrected chi connectivity index (χ0v) is 19.2. The Morgan fingerprint density at radius 1 is 1.23 bits per heavy atom. The van der Waals surface area contributed by atoms with E-state index in [0.717, 1.165) is 49.2 Å². The van der Waals surface area contributed by atoms with Gasteiger partial charge in [0.05, 0.1) is 0 Å². The lowest BCUT2D eigenvalue weighted by Crippen LogP contribution is -2.27. The second-order valence-corrected chi connectivity index (χ2v) is 9.74. The lowest BCUT2D eigenvalue weighted by atomic mass is 10.0. The fourth-order valence-corrected chi connectivity index (χ4v) is 5.35. The Morgan fingerprint density at radius 3 is 2.70 bits per heavy atom. The number of aromatic nitrogens is 2. The van der Waals surface area contributed by atoms with Gasteiger partial charge in [-0.25, -0.2) is 9.29 Å². The molecule has 6 nitrogen and oxygen atoms in total. The Morgan fingerprint density at radius 2 is 1.97 bits per heavy atom. The van der Waals surface area contributed by atoms with Crippen LogP contribution < -0.4 is 10.2 Å². The Hall–Kier alpha value is -1.99. The van der Waals surface area contributed by atoms with Gasteiger partial charge in [-0.3, -0.25) is 4.79 Å². The fourth-order valence-electron chi connectivity index (χ4n) is 4.24. The highest BCUT2D eigenvalue weighted by molar-refractivity contribution is 7.97. The van der Waals surface area contributed by atoms with Crippen LogP contribution in [0.1, 0.15) is 54.4 Å². The first-order chi connectivity index (χ1) is 14.5. The van der Waals surface area contributed by atoms with Gasteiger partial charge in [0, 0.05) is 62.1 Å². The van der Waals surface area contributed by atoms with E-state index in [9.17, 15) is 4.79 Å². The molecule has 0 spiro atoms. The van der Waals surface area contributed by atoms with Crippen molar-refractivity contribution in [1.82, 2.24) is 19.2 Å². The maximum absolute atomic E-state index is 13.0. The first kappa shape index (κ1) is 21.2. The molecule has 4 heterocycles. The van der Waals surface area contributed by atoms with Crippen molar-refractivity contribution in [2.75, 3.05) is 31.1 Å². The number of nitrogens with zero attached hydrogens (tertiary/aromatic N) is 4. The van der Waals surface area contributed by atoms with Crippen LogP contribution in [0, 0.1) is 12.8 Å². The second kappa shape index (κ2) is 9.43. The molecule has 0 aromatic carbocycles. The summed E-state index contributed by atoms with van der Waals surface area (Å²) < 4.78 is 4.44. The van der Waals surface area contributed by atoms with Crippen LogP contribution in [-0.4, -0.2) is 45.9 Å². The largest absolute Gasteiger partial charge is 0.356 e. The van der Waals surface area contributed by atoms with Gasteiger partial charge in [-0.15, -0.1) is 0 Å². The number of piperidine rings is 1. The van der Waals surface area contributed by atoms with Crippen molar-refractivity contribution in [2.45, 2.75) is 51.0 Å². The van der Waals surface area contributed by atoms with Gasteiger partial charge in [-0.2, -0.15) is 0 Å². The molecule has 4 rings (SSSR count). The Kier molecular flexibility index (Phi) is 6.68. The molecule has 7 heteroatoms. The number of anilines is 1. The second-order valence-electron chi connectivity index (χ2n) is 8.60. The highest BCUT2D eigenvalue weighted by atomic mass is 32.2. The van der Waals surface area contributed by atoms with Gasteiger partial charge in [-0.05, 0) is 62.6 Å². The molecule has 0 saturated carbocycles. The van der Waals surface area contributed by atoms with Crippen LogP contribution in [0.25, 0.3) is 0 Å². The Bertz CT molecular complexity index is 882. The minimum Gasteiger partial charge on any atom is -0.356 e. The Labute approximate surface area is 184 Å². The molecule has 2 saturated heterocycles. The highest BCUT2D eigenvalue weighted by Crippen LogP contribution is 2.32. The van der Waals surface area contributed by atoms with Crippen molar-refractivity contribution >= 4 is 23.7 Å². The number of carbonyl (C=O) groups excluding carboxylic acids is 1. The van der Waals surface area contributed by atoms with E-state index in [0.29, 0.717) is 12.2 Å². The number of amides is 1. The van der Waals surface area contributed by atoms with Crippen molar-refractivity contribution < 1.29 is 4.79 Å². The van der Waals surface area contributed by atoms with Crippen molar-refractivity contribution in [3.63, 3.8) is 0 Å². The summed E-state index contributed by atoms with van der Waals surface area (Å²) >= 11 is 1.80. The molecule has 2 aliphatic rings. The molecule has 0 aliphatic carbocycles. The summed E-state index contributed by atoms with van der Waals surface area (Å²) in [5, 5.41) is 3.12. The van der Waals surface area contributed by atoms with Crippen LogP contribution in [0.5, 0.6) is 0 Å². The number of pyridine rings is 1. The summed E-state index contributed by atoms with van der Waals surface area (Å²) in [4.78, 5) is 21.1. The smallest absolute Gasteiger partial charge is 0.268 e. The maximum Gasteiger partial charge on any atom is 0.268 e. The van der Waals surface area contributed by atoms with Crippen LogP contribution in [0.3, 0.4) is 0 Å². The van der Waals surface area contributed by atoms with Gasteiger partial charge in [0.1, 0.15) is 11.5 Å². The summed E-state index contributed by atoms with van der Waals surface area (Å²) in [6.07, 6.45) is 6.75. The minimum atomic E-state index is -0.0315. The third-order valence-corrected chi connectivity index (χ3v) is 7.64. The van der Waals surface area contributed by atoms with Crippen LogP contribution >= 0.6 is 11.9 Å². The lowest BCUT2D eigenvalue weighted by Gasteiger charge is -2.28. The fraction of sp³-hybridized carbons (Fsp3) is 0.565. The summed E-state index contributed by atoms with van der Waals surface area (Å²) in [6.45, 7) is 9.24. The van der Waals surface area contributed by atoms with E-state index < -0.39 is 0 Å². The molecule has 2 aromatic heterocycles. The van der Waals surface area contributed by atoms with E-state index in [-0.39, 0.29) is 5.91 Å². The normalized spacial score (nSPS) is 18.2. The van der Waals surface area contributed by atoms with Gasteiger partial charge >= 0.3 is 0 Å². The van der Waals surface area contributed by atoms with E-state index >= 15 is 0 Å². The predicted molar refractivity (Wildman–Crippen MR) is 123 cm³/mol. The minimum absolute atomic E-state index is 0.0315. The standard InChI is InChI=1S/C23H33N5OS/c1-17-8-13-28(14-9-17)30-21-15-20(26(3)18(21)2)23(29)25-16-19-7-6-10-24-22(19)27-11-4-5-12-27/h6-7,10,15,17H,4-5,8-9,11-14,16H2,1-3H3,(H,25,29). The topological polar surface area (TPSA) is 53.4 Å². The summed E-state index contributed by atoms with van der Waals surface area (Å²) in [5.41, 5.74) is 2.94. The summed E-state index contributed by atoms with van der Waals surface area (Å²) in [7, 11) is 1.98. The van der Waals surface area contributed by atoms with Crippen molar-refractivity contribution in [3.8, 4) is 0 Å². The van der Waals surface area contributed by atoms with Crippen LogP contribution in [0.15, 0.2) is 29.3 Å². The molecule has 2 aliphatic heterocycles. The number of rotatable bonds is 6. The number of carbonyl (C=O) groups is 1. The third-order valence-electron chi connectivity index (χ3n) is 6.40.